The van der Waals surface area contributed by atoms with E-state index in [1.807, 2.05) is 6.92 Å². The molecule has 0 bridgehead atoms. The summed E-state index contributed by atoms with van der Waals surface area (Å²) in [6.45, 7) is 3.57. The molecule has 2 unspecified atom stereocenters. The molecule has 0 radical (unpaired) electrons. The van der Waals surface area contributed by atoms with Crippen molar-refractivity contribution < 1.29 is 18.0 Å². The minimum absolute atomic E-state index is 0.0597. The van der Waals surface area contributed by atoms with Gasteiger partial charge in [-0.15, -0.1) is 0 Å². The van der Waals surface area contributed by atoms with Crippen molar-refractivity contribution in [3.8, 4) is 0 Å². The molecule has 0 aromatic carbocycles. The molecule has 2 aliphatic rings. The minimum atomic E-state index is -3.14. The highest BCUT2D eigenvalue weighted by Gasteiger charge is 2.46. The molecule has 1 aliphatic heterocycles. The molecule has 2 amide bonds. The Morgan fingerprint density at radius 1 is 1.25 bits per heavy atom. The number of hydrogen-bond donors (Lipinski definition) is 1. The topological polar surface area (TPSA) is 83.6 Å². The van der Waals surface area contributed by atoms with Crippen LogP contribution < -0.4 is 5.32 Å². The van der Waals surface area contributed by atoms with E-state index in [1.165, 1.54) is 4.90 Å². The molecule has 0 aromatic heterocycles. The van der Waals surface area contributed by atoms with E-state index in [0.29, 0.717) is 6.42 Å². The maximum absolute atomic E-state index is 12.2. The maximum Gasteiger partial charge on any atom is 0.245 e. The SMILES string of the molecule is CCCS(=O)(=O)CCN1C(=O)C(C)NC(=O)C1C1CC1. The van der Waals surface area contributed by atoms with Crippen LogP contribution in [-0.4, -0.2) is 55.3 Å². The molecule has 2 rings (SSSR count). The van der Waals surface area contributed by atoms with Crippen LogP contribution in [0, 0.1) is 5.92 Å². The summed E-state index contributed by atoms with van der Waals surface area (Å²) in [4.78, 5) is 25.7. The van der Waals surface area contributed by atoms with Gasteiger partial charge in [-0.3, -0.25) is 9.59 Å². The zero-order chi connectivity index (χ0) is 14.9. The molecular weight excluding hydrogens is 280 g/mol. The first-order valence-electron chi connectivity index (χ1n) is 7.17. The average molecular weight is 302 g/mol. The standard InChI is InChI=1S/C13H22N2O4S/c1-3-7-20(18,19)8-6-15-11(10-4-5-10)12(16)14-9(2)13(15)17/h9-11H,3-8H2,1-2H3,(H,14,16). The van der Waals surface area contributed by atoms with E-state index in [-0.39, 0.29) is 35.8 Å². The van der Waals surface area contributed by atoms with Gasteiger partial charge in [0.25, 0.3) is 0 Å². The summed E-state index contributed by atoms with van der Waals surface area (Å²) < 4.78 is 23.6. The van der Waals surface area contributed by atoms with Crippen molar-refractivity contribution in [2.75, 3.05) is 18.1 Å². The molecule has 2 fully saturated rings. The molecule has 1 aliphatic carbocycles. The smallest absolute Gasteiger partial charge is 0.245 e. The molecule has 7 heteroatoms. The molecule has 1 saturated carbocycles. The molecule has 1 heterocycles. The van der Waals surface area contributed by atoms with Crippen LogP contribution in [0.2, 0.25) is 0 Å². The van der Waals surface area contributed by atoms with Gasteiger partial charge in [0.05, 0.1) is 5.75 Å². The van der Waals surface area contributed by atoms with Gasteiger partial charge in [-0.25, -0.2) is 8.42 Å². The van der Waals surface area contributed by atoms with Gasteiger partial charge in [-0.2, -0.15) is 0 Å². The van der Waals surface area contributed by atoms with E-state index < -0.39 is 21.9 Å². The van der Waals surface area contributed by atoms with Gasteiger partial charge in [-0.1, -0.05) is 6.92 Å². The summed E-state index contributed by atoms with van der Waals surface area (Å²) in [7, 11) is -3.14. The lowest BCUT2D eigenvalue weighted by Gasteiger charge is -2.38. The van der Waals surface area contributed by atoms with Gasteiger partial charge in [0, 0.05) is 12.3 Å². The third-order valence-electron chi connectivity index (χ3n) is 3.84. The summed E-state index contributed by atoms with van der Waals surface area (Å²) >= 11 is 0. The van der Waals surface area contributed by atoms with Crippen LogP contribution in [-0.2, 0) is 19.4 Å². The fourth-order valence-electron chi connectivity index (χ4n) is 2.67. The van der Waals surface area contributed by atoms with Crippen molar-refractivity contribution in [3.63, 3.8) is 0 Å². The van der Waals surface area contributed by atoms with Crippen molar-refractivity contribution >= 4 is 21.7 Å². The highest BCUT2D eigenvalue weighted by Crippen LogP contribution is 2.36. The molecule has 20 heavy (non-hydrogen) atoms. The summed E-state index contributed by atoms with van der Waals surface area (Å²) in [6, 6.07) is -1.04. The van der Waals surface area contributed by atoms with Crippen molar-refractivity contribution in [3.05, 3.63) is 0 Å². The van der Waals surface area contributed by atoms with E-state index in [9.17, 15) is 18.0 Å². The van der Waals surface area contributed by atoms with Crippen molar-refractivity contribution in [1.82, 2.24) is 10.2 Å². The lowest BCUT2D eigenvalue weighted by Crippen LogP contribution is -2.63. The van der Waals surface area contributed by atoms with Crippen LogP contribution in [0.25, 0.3) is 0 Å². The van der Waals surface area contributed by atoms with Gasteiger partial charge >= 0.3 is 0 Å². The highest BCUT2D eigenvalue weighted by molar-refractivity contribution is 7.91. The first-order chi connectivity index (χ1) is 9.35. The zero-order valence-electron chi connectivity index (χ0n) is 12.0. The normalized spacial score (nSPS) is 27.6. The van der Waals surface area contributed by atoms with Crippen molar-refractivity contribution in [2.45, 2.75) is 45.2 Å². The number of carbonyl (C=O) groups is 2. The summed E-state index contributed by atoms with van der Waals surface area (Å²) in [6.07, 6.45) is 2.43. The third kappa shape index (κ3) is 3.31. The molecule has 0 spiro atoms. The predicted octanol–water partition coefficient (Wildman–Crippen LogP) is -0.0633. The van der Waals surface area contributed by atoms with Crippen molar-refractivity contribution in [2.24, 2.45) is 5.92 Å². The van der Waals surface area contributed by atoms with E-state index in [4.69, 9.17) is 0 Å². The van der Waals surface area contributed by atoms with Crippen LogP contribution in [0.4, 0.5) is 0 Å². The molecule has 6 nitrogen and oxygen atoms in total. The second-order valence-corrected chi connectivity index (χ2v) is 8.00. The lowest BCUT2D eigenvalue weighted by molar-refractivity contribution is -0.149. The third-order valence-corrected chi connectivity index (χ3v) is 5.68. The molecule has 1 N–H and O–H groups in total. The van der Waals surface area contributed by atoms with E-state index >= 15 is 0 Å². The Hall–Kier alpha value is -1.11. The van der Waals surface area contributed by atoms with Crippen LogP contribution in [0.1, 0.15) is 33.1 Å². The Morgan fingerprint density at radius 3 is 2.45 bits per heavy atom. The molecule has 1 saturated heterocycles. The number of carbonyl (C=O) groups excluding carboxylic acids is 2. The predicted molar refractivity (Wildman–Crippen MR) is 74.8 cm³/mol. The second-order valence-electron chi connectivity index (χ2n) is 5.70. The quantitative estimate of drug-likeness (QED) is 0.745. The molecule has 2 atom stereocenters. The highest BCUT2D eigenvalue weighted by atomic mass is 32.2. The number of nitrogens with one attached hydrogen (secondary N) is 1. The number of piperazine rings is 1. The van der Waals surface area contributed by atoms with Crippen molar-refractivity contribution in [1.29, 1.82) is 0 Å². The fourth-order valence-corrected chi connectivity index (χ4v) is 3.97. The summed E-state index contributed by atoms with van der Waals surface area (Å²) in [5.41, 5.74) is 0. The number of sulfone groups is 1. The maximum atomic E-state index is 12.2. The van der Waals surface area contributed by atoms with E-state index in [0.717, 1.165) is 12.8 Å². The van der Waals surface area contributed by atoms with Gasteiger partial charge in [0.1, 0.15) is 12.1 Å². The zero-order valence-corrected chi connectivity index (χ0v) is 12.8. The van der Waals surface area contributed by atoms with Gasteiger partial charge in [-0.05, 0) is 32.1 Å². The first-order valence-corrected chi connectivity index (χ1v) is 8.99. The second kappa shape index (κ2) is 5.71. The number of hydrogen-bond acceptors (Lipinski definition) is 4. The molecule has 114 valence electrons. The van der Waals surface area contributed by atoms with E-state index in [1.54, 1.807) is 6.92 Å². The molecular formula is C13H22N2O4S. The monoisotopic (exact) mass is 302 g/mol. The van der Waals surface area contributed by atoms with Gasteiger partial charge in [0.2, 0.25) is 11.8 Å². The fraction of sp³-hybridized carbons (Fsp3) is 0.846. The minimum Gasteiger partial charge on any atom is -0.343 e. The Balaban J connectivity index is 2.08. The number of rotatable bonds is 6. The Bertz CT molecular complexity index is 499. The average Bonchev–Trinajstić information content (AvgIpc) is 3.16. The first kappa shape index (κ1) is 15.3. The van der Waals surface area contributed by atoms with Crippen LogP contribution >= 0.6 is 0 Å². The van der Waals surface area contributed by atoms with Gasteiger partial charge in [0.15, 0.2) is 9.84 Å². The largest absolute Gasteiger partial charge is 0.343 e. The van der Waals surface area contributed by atoms with Crippen LogP contribution in [0.15, 0.2) is 0 Å². The summed E-state index contributed by atoms with van der Waals surface area (Å²) in [5, 5.41) is 2.67. The lowest BCUT2D eigenvalue weighted by atomic mass is 10.0. The van der Waals surface area contributed by atoms with Gasteiger partial charge < -0.3 is 10.2 Å². The number of nitrogens with zero attached hydrogens (tertiary/aromatic N) is 1. The Kier molecular flexibility index (Phi) is 4.36. The van der Waals surface area contributed by atoms with Crippen LogP contribution in [0.3, 0.4) is 0 Å². The number of amides is 2. The van der Waals surface area contributed by atoms with E-state index in [2.05, 4.69) is 5.32 Å². The Morgan fingerprint density at radius 2 is 1.90 bits per heavy atom. The van der Waals surface area contributed by atoms with Crippen LogP contribution in [0.5, 0.6) is 0 Å². The Labute approximate surface area is 119 Å². The summed E-state index contributed by atoms with van der Waals surface area (Å²) in [5.74, 6) is -0.0539. The molecule has 0 aromatic rings.